The smallest absolute Gasteiger partial charge is 0.306 e. The molecule has 1 aromatic heterocycles. The molecule has 29 heavy (non-hydrogen) atoms. The van der Waals surface area contributed by atoms with E-state index in [1.54, 1.807) is 31.2 Å². The molecule has 0 spiro atoms. The highest BCUT2D eigenvalue weighted by molar-refractivity contribution is 7.11. The van der Waals surface area contributed by atoms with Gasteiger partial charge in [0.25, 0.3) is 0 Å². The summed E-state index contributed by atoms with van der Waals surface area (Å²) in [6.45, 7) is 1.96. The van der Waals surface area contributed by atoms with Gasteiger partial charge in [0.15, 0.2) is 22.4 Å². The molecule has 0 aliphatic carbocycles. The molecule has 0 saturated heterocycles. The molecule has 0 aliphatic heterocycles. The fourth-order valence-electron chi connectivity index (χ4n) is 2.67. The molecule has 3 rings (SSSR count). The summed E-state index contributed by atoms with van der Waals surface area (Å²) in [5, 5.41) is 2.66. The standard InChI is InChI=1S/C22H20F2O4S/c1-2-26-20(25)9-8-15-12-18(23)22(19(24)13-15)27-14-16-5-3-6-17(11-16)28-21-7-4-10-29-21/h3-7,10-13H,2,8-9,14H2,1H3. The first kappa shape index (κ1) is 20.8. The van der Waals surface area contributed by atoms with Crippen LogP contribution < -0.4 is 9.47 Å². The maximum absolute atomic E-state index is 14.3. The third-order valence-electron chi connectivity index (χ3n) is 3.98. The fourth-order valence-corrected chi connectivity index (χ4v) is 3.26. The molecule has 7 heteroatoms. The summed E-state index contributed by atoms with van der Waals surface area (Å²) < 4.78 is 44.5. The van der Waals surface area contributed by atoms with Gasteiger partial charge in [0.2, 0.25) is 0 Å². The minimum absolute atomic E-state index is 0.0162. The highest BCUT2D eigenvalue weighted by Gasteiger charge is 2.14. The minimum Gasteiger partial charge on any atom is -0.483 e. The van der Waals surface area contributed by atoms with Crippen LogP contribution in [-0.4, -0.2) is 12.6 Å². The Morgan fingerprint density at radius 1 is 1.03 bits per heavy atom. The number of hydrogen-bond acceptors (Lipinski definition) is 5. The van der Waals surface area contributed by atoms with Gasteiger partial charge in [-0.15, -0.1) is 11.3 Å². The first-order chi connectivity index (χ1) is 14.0. The van der Waals surface area contributed by atoms with Crippen LogP contribution in [-0.2, 0) is 22.6 Å². The summed E-state index contributed by atoms with van der Waals surface area (Å²) in [6, 6.07) is 13.2. The average molecular weight is 418 g/mol. The Labute approximate surface area is 171 Å². The maximum Gasteiger partial charge on any atom is 0.306 e. The lowest BCUT2D eigenvalue weighted by Crippen LogP contribution is -2.06. The monoisotopic (exact) mass is 418 g/mol. The quantitative estimate of drug-likeness (QED) is 0.406. The van der Waals surface area contributed by atoms with E-state index in [2.05, 4.69) is 0 Å². The van der Waals surface area contributed by atoms with Crippen molar-refractivity contribution in [2.45, 2.75) is 26.4 Å². The van der Waals surface area contributed by atoms with Crippen molar-refractivity contribution in [3.05, 3.63) is 76.7 Å². The molecule has 0 bridgehead atoms. The zero-order valence-corrected chi connectivity index (χ0v) is 16.6. The van der Waals surface area contributed by atoms with Gasteiger partial charge in [0.05, 0.1) is 6.61 Å². The van der Waals surface area contributed by atoms with Crippen molar-refractivity contribution in [1.82, 2.24) is 0 Å². The number of thiophene rings is 1. The number of carbonyl (C=O) groups is 1. The molecule has 0 N–H and O–H groups in total. The largest absolute Gasteiger partial charge is 0.483 e. The predicted octanol–water partition coefficient (Wildman–Crippen LogP) is 5.89. The number of hydrogen-bond donors (Lipinski definition) is 0. The van der Waals surface area contributed by atoms with Crippen molar-refractivity contribution in [2.75, 3.05) is 6.61 Å². The summed E-state index contributed by atoms with van der Waals surface area (Å²) in [5.41, 5.74) is 1.08. The Morgan fingerprint density at radius 3 is 2.52 bits per heavy atom. The summed E-state index contributed by atoms with van der Waals surface area (Å²) in [6.07, 6.45) is 0.249. The van der Waals surface area contributed by atoms with Crippen LogP contribution in [0.2, 0.25) is 0 Å². The molecule has 0 saturated carbocycles. The molecule has 0 atom stereocenters. The Morgan fingerprint density at radius 2 is 1.83 bits per heavy atom. The maximum atomic E-state index is 14.3. The van der Waals surface area contributed by atoms with E-state index in [9.17, 15) is 13.6 Å². The van der Waals surface area contributed by atoms with Gasteiger partial charge in [-0.1, -0.05) is 12.1 Å². The van der Waals surface area contributed by atoms with E-state index in [4.69, 9.17) is 14.2 Å². The molecular formula is C22H20F2O4S. The SMILES string of the molecule is CCOC(=O)CCc1cc(F)c(OCc2cccc(Oc3cccs3)c2)c(F)c1. The molecule has 4 nitrogen and oxygen atoms in total. The highest BCUT2D eigenvalue weighted by Crippen LogP contribution is 2.28. The van der Waals surface area contributed by atoms with Crippen LogP contribution >= 0.6 is 11.3 Å². The van der Waals surface area contributed by atoms with Crippen molar-refractivity contribution in [3.63, 3.8) is 0 Å². The van der Waals surface area contributed by atoms with Crippen LogP contribution in [0.4, 0.5) is 8.78 Å². The van der Waals surface area contributed by atoms with Crippen LogP contribution in [0, 0.1) is 11.6 Å². The van der Waals surface area contributed by atoms with Crippen molar-refractivity contribution >= 4 is 17.3 Å². The van der Waals surface area contributed by atoms with E-state index in [1.165, 1.54) is 23.5 Å². The number of rotatable bonds is 9. The Balaban J connectivity index is 1.62. The van der Waals surface area contributed by atoms with E-state index in [0.29, 0.717) is 16.9 Å². The Kier molecular flexibility index (Phi) is 7.19. The lowest BCUT2D eigenvalue weighted by molar-refractivity contribution is -0.143. The molecule has 1 heterocycles. The Hall–Kier alpha value is -2.93. The fraction of sp³-hybridized carbons (Fsp3) is 0.227. The van der Waals surface area contributed by atoms with Gasteiger partial charge >= 0.3 is 5.97 Å². The number of ether oxygens (including phenoxy) is 3. The molecule has 0 aliphatic rings. The molecule has 2 aromatic carbocycles. The van der Waals surface area contributed by atoms with Crippen LogP contribution in [0.25, 0.3) is 0 Å². The second-order valence-corrected chi connectivity index (χ2v) is 7.07. The number of carbonyl (C=O) groups excluding carboxylic acids is 1. The number of aryl methyl sites for hydroxylation is 1. The van der Waals surface area contributed by atoms with E-state index in [-0.39, 0.29) is 26.1 Å². The third-order valence-corrected chi connectivity index (χ3v) is 4.72. The molecule has 3 aromatic rings. The van der Waals surface area contributed by atoms with Gasteiger partial charge in [-0.25, -0.2) is 8.78 Å². The number of esters is 1. The van der Waals surface area contributed by atoms with Crippen LogP contribution in [0.3, 0.4) is 0 Å². The second-order valence-electron chi connectivity index (χ2n) is 6.16. The van der Waals surface area contributed by atoms with Crippen molar-refractivity contribution in [3.8, 4) is 16.6 Å². The molecule has 0 fully saturated rings. The first-order valence-electron chi connectivity index (χ1n) is 9.11. The van der Waals surface area contributed by atoms with Crippen molar-refractivity contribution in [1.29, 1.82) is 0 Å². The lowest BCUT2D eigenvalue weighted by Gasteiger charge is -2.11. The Bertz CT molecular complexity index is 934. The number of benzene rings is 2. The third kappa shape index (κ3) is 6.02. The highest BCUT2D eigenvalue weighted by atomic mass is 32.1. The zero-order valence-electron chi connectivity index (χ0n) is 15.8. The zero-order chi connectivity index (χ0) is 20.6. The van der Waals surface area contributed by atoms with Gasteiger partial charge in [-0.3, -0.25) is 4.79 Å². The van der Waals surface area contributed by atoms with Gasteiger partial charge in [-0.2, -0.15) is 0 Å². The van der Waals surface area contributed by atoms with Gasteiger partial charge in [0.1, 0.15) is 12.4 Å². The summed E-state index contributed by atoms with van der Waals surface area (Å²) in [4.78, 5) is 11.4. The molecule has 0 amide bonds. The number of halogens is 2. The first-order valence-corrected chi connectivity index (χ1v) is 9.99. The predicted molar refractivity (Wildman–Crippen MR) is 106 cm³/mol. The normalized spacial score (nSPS) is 10.6. The summed E-state index contributed by atoms with van der Waals surface area (Å²) in [7, 11) is 0. The van der Waals surface area contributed by atoms with Gasteiger partial charge < -0.3 is 14.2 Å². The molecule has 0 unspecified atom stereocenters. The average Bonchev–Trinajstić information content (AvgIpc) is 3.19. The topological polar surface area (TPSA) is 44.8 Å². The van der Waals surface area contributed by atoms with Gasteiger partial charge in [-0.05, 0) is 66.2 Å². The molecular weight excluding hydrogens is 398 g/mol. The van der Waals surface area contributed by atoms with E-state index < -0.39 is 23.4 Å². The van der Waals surface area contributed by atoms with Crippen LogP contribution in [0.5, 0.6) is 16.6 Å². The summed E-state index contributed by atoms with van der Waals surface area (Å²) >= 11 is 1.47. The molecule has 0 radical (unpaired) electrons. The van der Waals surface area contributed by atoms with E-state index >= 15 is 0 Å². The van der Waals surface area contributed by atoms with Crippen molar-refractivity contribution < 1.29 is 27.8 Å². The van der Waals surface area contributed by atoms with E-state index in [1.807, 2.05) is 17.5 Å². The van der Waals surface area contributed by atoms with Crippen LogP contribution in [0.1, 0.15) is 24.5 Å². The minimum atomic E-state index is -0.810. The van der Waals surface area contributed by atoms with Gasteiger partial charge in [0, 0.05) is 6.42 Å². The van der Waals surface area contributed by atoms with Crippen molar-refractivity contribution in [2.24, 2.45) is 0 Å². The molecule has 152 valence electrons. The van der Waals surface area contributed by atoms with E-state index in [0.717, 1.165) is 5.06 Å². The lowest BCUT2D eigenvalue weighted by atomic mass is 10.1. The van der Waals surface area contributed by atoms with Crippen LogP contribution in [0.15, 0.2) is 53.9 Å². The second kappa shape index (κ2) is 10.0. The summed E-state index contributed by atoms with van der Waals surface area (Å²) in [5.74, 6) is -1.86.